The van der Waals surface area contributed by atoms with Gasteiger partial charge in [-0.2, -0.15) is 0 Å². The molecule has 0 saturated heterocycles. The molecule has 3 aromatic rings. The molecule has 3 rings (SSSR count). The van der Waals surface area contributed by atoms with Crippen molar-refractivity contribution in [1.29, 1.82) is 0 Å². The molecule has 0 unspecified atom stereocenters. The minimum atomic E-state index is -0.330. The molecule has 7 heteroatoms. The Morgan fingerprint density at radius 1 is 0.962 bits per heavy atom. The van der Waals surface area contributed by atoms with Crippen molar-refractivity contribution < 1.29 is 4.79 Å². The van der Waals surface area contributed by atoms with E-state index in [2.05, 4.69) is 20.6 Å². The fourth-order valence-corrected chi connectivity index (χ4v) is 2.79. The second-order valence-electron chi connectivity index (χ2n) is 5.74. The first-order valence-corrected chi connectivity index (χ1v) is 8.63. The number of carbonyl (C=O) groups is 1. The highest BCUT2D eigenvalue weighted by atomic mass is 35.5. The van der Waals surface area contributed by atoms with Crippen LogP contribution in [0.15, 0.2) is 48.5 Å². The number of halogens is 2. The van der Waals surface area contributed by atoms with Crippen molar-refractivity contribution in [1.82, 2.24) is 9.97 Å². The number of rotatable bonds is 4. The topological polar surface area (TPSA) is 66.9 Å². The van der Waals surface area contributed by atoms with Crippen LogP contribution in [-0.2, 0) is 0 Å². The van der Waals surface area contributed by atoms with Gasteiger partial charge in [-0.25, -0.2) is 9.97 Å². The predicted molar refractivity (Wildman–Crippen MR) is 106 cm³/mol. The van der Waals surface area contributed by atoms with Crippen LogP contribution in [-0.4, -0.2) is 15.9 Å². The van der Waals surface area contributed by atoms with Gasteiger partial charge >= 0.3 is 0 Å². The standard InChI is InChI=1S/C19H16Cl2N4O/c1-11-9-13(20)7-8-15(11)23-18(26)17-10-12(2)22-19(25-17)24-16-6-4-3-5-14(16)21/h3-10H,1-2H3,(H,23,26)(H,22,24,25). The smallest absolute Gasteiger partial charge is 0.274 e. The van der Waals surface area contributed by atoms with E-state index < -0.39 is 0 Å². The quantitative estimate of drug-likeness (QED) is 0.629. The Bertz CT molecular complexity index is 976. The Labute approximate surface area is 161 Å². The fraction of sp³-hybridized carbons (Fsp3) is 0.105. The monoisotopic (exact) mass is 386 g/mol. The molecule has 5 nitrogen and oxygen atoms in total. The van der Waals surface area contributed by atoms with Crippen molar-refractivity contribution in [2.45, 2.75) is 13.8 Å². The third-order valence-electron chi connectivity index (χ3n) is 3.64. The Hall–Kier alpha value is -2.63. The highest BCUT2D eigenvalue weighted by Crippen LogP contribution is 2.24. The van der Waals surface area contributed by atoms with Gasteiger partial charge in [-0.05, 0) is 55.8 Å². The van der Waals surface area contributed by atoms with E-state index in [1.807, 2.05) is 25.1 Å². The third kappa shape index (κ3) is 4.31. The summed E-state index contributed by atoms with van der Waals surface area (Å²) in [6, 6.07) is 14.1. The number of hydrogen-bond donors (Lipinski definition) is 2. The number of aryl methyl sites for hydroxylation is 2. The van der Waals surface area contributed by atoms with Crippen LogP contribution in [0.2, 0.25) is 10.0 Å². The number of benzene rings is 2. The maximum atomic E-state index is 12.6. The number of para-hydroxylation sites is 1. The highest BCUT2D eigenvalue weighted by molar-refractivity contribution is 6.33. The summed E-state index contributed by atoms with van der Waals surface area (Å²) in [7, 11) is 0. The molecule has 0 radical (unpaired) electrons. The van der Waals surface area contributed by atoms with E-state index in [0.29, 0.717) is 33.1 Å². The molecule has 0 fully saturated rings. The molecule has 132 valence electrons. The zero-order valence-electron chi connectivity index (χ0n) is 14.2. The van der Waals surface area contributed by atoms with Gasteiger partial charge in [-0.1, -0.05) is 35.3 Å². The first-order valence-electron chi connectivity index (χ1n) is 7.87. The molecule has 1 aromatic heterocycles. The number of anilines is 3. The van der Waals surface area contributed by atoms with Crippen LogP contribution in [0.3, 0.4) is 0 Å². The van der Waals surface area contributed by atoms with Crippen LogP contribution in [0.1, 0.15) is 21.7 Å². The first kappa shape index (κ1) is 18.2. The number of nitrogens with zero attached hydrogens (tertiary/aromatic N) is 2. The zero-order chi connectivity index (χ0) is 18.7. The van der Waals surface area contributed by atoms with E-state index in [-0.39, 0.29) is 11.6 Å². The lowest BCUT2D eigenvalue weighted by atomic mass is 10.2. The van der Waals surface area contributed by atoms with Gasteiger partial charge in [0.2, 0.25) is 5.95 Å². The number of aromatic nitrogens is 2. The average molecular weight is 387 g/mol. The van der Waals surface area contributed by atoms with Crippen molar-refractivity contribution in [3.05, 3.63) is 75.5 Å². The van der Waals surface area contributed by atoms with Crippen molar-refractivity contribution in [3.8, 4) is 0 Å². The van der Waals surface area contributed by atoms with E-state index in [0.717, 1.165) is 5.56 Å². The van der Waals surface area contributed by atoms with E-state index >= 15 is 0 Å². The molecule has 1 heterocycles. The van der Waals surface area contributed by atoms with Crippen molar-refractivity contribution in [2.24, 2.45) is 0 Å². The summed E-state index contributed by atoms with van der Waals surface area (Å²) >= 11 is 12.1. The van der Waals surface area contributed by atoms with Crippen molar-refractivity contribution >= 4 is 46.4 Å². The molecule has 0 spiro atoms. The summed E-state index contributed by atoms with van der Waals surface area (Å²) in [5.41, 5.74) is 3.12. The lowest BCUT2D eigenvalue weighted by Gasteiger charge is -2.11. The van der Waals surface area contributed by atoms with E-state index in [9.17, 15) is 4.79 Å². The summed E-state index contributed by atoms with van der Waals surface area (Å²) in [6.07, 6.45) is 0. The van der Waals surface area contributed by atoms with E-state index in [1.165, 1.54) is 0 Å². The molecular weight excluding hydrogens is 371 g/mol. The van der Waals surface area contributed by atoms with Crippen molar-refractivity contribution in [2.75, 3.05) is 10.6 Å². The van der Waals surface area contributed by atoms with Crippen LogP contribution in [0, 0.1) is 13.8 Å². The summed E-state index contributed by atoms with van der Waals surface area (Å²) in [5, 5.41) is 7.04. The SMILES string of the molecule is Cc1cc(C(=O)Nc2ccc(Cl)cc2C)nc(Nc2ccccc2Cl)n1. The van der Waals surface area contributed by atoms with Crippen LogP contribution >= 0.6 is 23.2 Å². The zero-order valence-corrected chi connectivity index (χ0v) is 15.7. The molecule has 2 aromatic carbocycles. The second kappa shape index (κ2) is 7.72. The molecular formula is C19H16Cl2N4O. The van der Waals surface area contributed by atoms with Crippen LogP contribution in [0.25, 0.3) is 0 Å². The van der Waals surface area contributed by atoms with Gasteiger partial charge in [0.15, 0.2) is 0 Å². The number of carbonyl (C=O) groups excluding carboxylic acids is 1. The van der Waals surface area contributed by atoms with Gasteiger partial charge in [-0.3, -0.25) is 4.79 Å². The minimum absolute atomic E-state index is 0.251. The maximum absolute atomic E-state index is 12.6. The largest absolute Gasteiger partial charge is 0.323 e. The third-order valence-corrected chi connectivity index (χ3v) is 4.21. The Kier molecular flexibility index (Phi) is 5.40. The van der Waals surface area contributed by atoms with Gasteiger partial charge in [0.1, 0.15) is 5.69 Å². The average Bonchev–Trinajstić information content (AvgIpc) is 2.59. The fourth-order valence-electron chi connectivity index (χ4n) is 2.38. The number of amides is 1. The van der Waals surface area contributed by atoms with Gasteiger partial charge < -0.3 is 10.6 Å². The molecule has 0 saturated carbocycles. The lowest BCUT2D eigenvalue weighted by Crippen LogP contribution is -2.16. The van der Waals surface area contributed by atoms with Gasteiger partial charge in [0, 0.05) is 16.4 Å². The predicted octanol–water partition coefficient (Wildman–Crippen LogP) is 5.40. The molecule has 0 aliphatic rings. The van der Waals surface area contributed by atoms with Crippen LogP contribution in [0.5, 0.6) is 0 Å². The molecule has 2 N–H and O–H groups in total. The lowest BCUT2D eigenvalue weighted by molar-refractivity contribution is 0.102. The molecule has 26 heavy (non-hydrogen) atoms. The normalized spacial score (nSPS) is 10.5. The maximum Gasteiger partial charge on any atom is 0.274 e. The van der Waals surface area contributed by atoms with Gasteiger partial charge in [-0.15, -0.1) is 0 Å². The van der Waals surface area contributed by atoms with E-state index in [4.69, 9.17) is 23.2 Å². The Morgan fingerprint density at radius 2 is 1.73 bits per heavy atom. The first-order chi connectivity index (χ1) is 12.4. The molecule has 0 aliphatic heterocycles. The Morgan fingerprint density at radius 3 is 2.46 bits per heavy atom. The minimum Gasteiger partial charge on any atom is -0.323 e. The van der Waals surface area contributed by atoms with Crippen LogP contribution < -0.4 is 10.6 Å². The Balaban J connectivity index is 1.85. The van der Waals surface area contributed by atoms with Gasteiger partial charge in [0.05, 0.1) is 10.7 Å². The molecule has 0 atom stereocenters. The summed E-state index contributed by atoms with van der Waals surface area (Å²) < 4.78 is 0. The molecule has 1 amide bonds. The van der Waals surface area contributed by atoms with Crippen molar-refractivity contribution in [3.63, 3.8) is 0 Å². The summed E-state index contributed by atoms with van der Waals surface area (Å²) in [6.45, 7) is 3.67. The summed E-state index contributed by atoms with van der Waals surface area (Å²) in [4.78, 5) is 21.2. The van der Waals surface area contributed by atoms with Gasteiger partial charge in [0.25, 0.3) is 5.91 Å². The second-order valence-corrected chi connectivity index (χ2v) is 6.58. The molecule has 0 bridgehead atoms. The molecule has 0 aliphatic carbocycles. The number of hydrogen-bond acceptors (Lipinski definition) is 4. The van der Waals surface area contributed by atoms with Crippen LogP contribution in [0.4, 0.5) is 17.3 Å². The summed E-state index contributed by atoms with van der Waals surface area (Å²) in [5.74, 6) is -0.0285. The number of nitrogens with one attached hydrogen (secondary N) is 2. The highest BCUT2D eigenvalue weighted by Gasteiger charge is 2.13. The van der Waals surface area contributed by atoms with E-state index in [1.54, 1.807) is 37.3 Å².